The highest BCUT2D eigenvalue weighted by atomic mass is 16.2. The summed E-state index contributed by atoms with van der Waals surface area (Å²) in [7, 11) is 0. The number of carbonyl (C=O) groups is 1. The van der Waals surface area contributed by atoms with Gasteiger partial charge in [0.25, 0.3) is 0 Å². The van der Waals surface area contributed by atoms with E-state index in [1.807, 2.05) is 0 Å². The second kappa shape index (κ2) is 4.46. The van der Waals surface area contributed by atoms with Crippen molar-refractivity contribution in [2.45, 2.75) is 26.2 Å². The summed E-state index contributed by atoms with van der Waals surface area (Å²) in [5.74, 6) is 0. The lowest BCUT2D eigenvalue weighted by atomic mass is 9.78. The minimum absolute atomic E-state index is 0.229. The first-order chi connectivity index (χ1) is 6.18. The molecular weight excluding hydrogens is 166 g/mol. The molecule has 13 heavy (non-hydrogen) atoms. The number of carbonyl (C=O) groups excluding carboxylic acids is 1. The standard InChI is InChI=1S/C9H19N3O/c1-2-9(7-12-8(10)13)4-3-5-11-6-9/h11H,2-7H2,1H3,(H3,10,12,13). The lowest BCUT2D eigenvalue weighted by Gasteiger charge is -2.36. The highest BCUT2D eigenvalue weighted by Gasteiger charge is 2.30. The molecule has 4 N–H and O–H groups in total. The van der Waals surface area contributed by atoms with Gasteiger partial charge in [0.05, 0.1) is 0 Å². The van der Waals surface area contributed by atoms with Gasteiger partial charge >= 0.3 is 6.03 Å². The van der Waals surface area contributed by atoms with Crippen LogP contribution in [0.1, 0.15) is 26.2 Å². The van der Waals surface area contributed by atoms with Gasteiger partial charge in [-0.05, 0) is 25.8 Å². The zero-order valence-electron chi connectivity index (χ0n) is 8.23. The predicted octanol–water partition coefficient (Wildman–Crippen LogP) is 0.434. The molecule has 0 radical (unpaired) electrons. The molecule has 0 spiro atoms. The lowest BCUT2D eigenvalue weighted by molar-refractivity contribution is 0.190. The Morgan fingerprint density at radius 3 is 2.92 bits per heavy atom. The fourth-order valence-electron chi connectivity index (χ4n) is 1.88. The fraction of sp³-hybridized carbons (Fsp3) is 0.889. The van der Waals surface area contributed by atoms with E-state index in [2.05, 4.69) is 17.6 Å². The van der Waals surface area contributed by atoms with Gasteiger partial charge in [-0.3, -0.25) is 0 Å². The van der Waals surface area contributed by atoms with E-state index in [1.165, 1.54) is 12.8 Å². The van der Waals surface area contributed by atoms with Gasteiger partial charge in [-0.1, -0.05) is 6.92 Å². The van der Waals surface area contributed by atoms with Crippen molar-refractivity contribution < 1.29 is 4.79 Å². The number of nitrogens with one attached hydrogen (secondary N) is 2. The van der Waals surface area contributed by atoms with Crippen molar-refractivity contribution in [3.63, 3.8) is 0 Å². The summed E-state index contributed by atoms with van der Waals surface area (Å²) in [6.45, 7) is 4.95. The molecule has 0 aromatic heterocycles. The zero-order valence-corrected chi connectivity index (χ0v) is 8.23. The van der Waals surface area contributed by atoms with Gasteiger partial charge in [0.1, 0.15) is 0 Å². The maximum Gasteiger partial charge on any atom is 0.312 e. The summed E-state index contributed by atoms with van der Waals surface area (Å²) in [5.41, 5.74) is 5.28. The van der Waals surface area contributed by atoms with Crippen LogP contribution in [0, 0.1) is 5.41 Å². The van der Waals surface area contributed by atoms with Crippen molar-refractivity contribution in [1.82, 2.24) is 10.6 Å². The molecule has 1 heterocycles. The molecule has 1 saturated heterocycles. The van der Waals surface area contributed by atoms with Crippen LogP contribution in [0.4, 0.5) is 4.79 Å². The SMILES string of the molecule is CCC1(CNC(N)=O)CCCNC1. The average Bonchev–Trinajstić information content (AvgIpc) is 2.16. The Morgan fingerprint density at radius 2 is 2.46 bits per heavy atom. The van der Waals surface area contributed by atoms with E-state index in [0.717, 1.165) is 19.5 Å². The molecular formula is C9H19N3O. The molecule has 4 nitrogen and oxygen atoms in total. The van der Waals surface area contributed by atoms with Crippen LogP contribution in [-0.2, 0) is 0 Å². The molecule has 1 unspecified atom stereocenters. The highest BCUT2D eigenvalue weighted by molar-refractivity contribution is 5.71. The first kappa shape index (κ1) is 10.3. The van der Waals surface area contributed by atoms with Crippen LogP contribution in [0.5, 0.6) is 0 Å². The predicted molar refractivity (Wildman–Crippen MR) is 52.4 cm³/mol. The van der Waals surface area contributed by atoms with Gasteiger partial charge < -0.3 is 16.4 Å². The number of hydrogen-bond donors (Lipinski definition) is 3. The van der Waals surface area contributed by atoms with E-state index >= 15 is 0 Å². The van der Waals surface area contributed by atoms with Crippen molar-refractivity contribution in [2.75, 3.05) is 19.6 Å². The molecule has 0 saturated carbocycles. The molecule has 0 aliphatic carbocycles. The van der Waals surface area contributed by atoms with Crippen molar-refractivity contribution in [3.8, 4) is 0 Å². The largest absolute Gasteiger partial charge is 0.352 e. The molecule has 1 aliphatic heterocycles. The summed E-state index contributed by atoms with van der Waals surface area (Å²) in [4.78, 5) is 10.6. The highest BCUT2D eigenvalue weighted by Crippen LogP contribution is 2.28. The van der Waals surface area contributed by atoms with E-state index in [-0.39, 0.29) is 5.41 Å². The zero-order chi connectivity index (χ0) is 9.73. The molecule has 1 atom stereocenters. The summed E-state index contributed by atoms with van der Waals surface area (Å²) < 4.78 is 0. The Balaban J connectivity index is 2.42. The number of piperidine rings is 1. The van der Waals surface area contributed by atoms with E-state index in [4.69, 9.17) is 5.73 Å². The fourth-order valence-corrected chi connectivity index (χ4v) is 1.88. The normalized spacial score (nSPS) is 28.4. The van der Waals surface area contributed by atoms with Crippen molar-refractivity contribution in [2.24, 2.45) is 11.1 Å². The van der Waals surface area contributed by atoms with Crippen LogP contribution in [0.3, 0.4) is 0 Å². The number of primary amides is 1. The van der Waals surface area contributed by atoms with Gasteiger partial charge in [0, 0.05) is 18.5 Å². The third kappa shape index (κ3) is 2.88. The van der Waals surface area contributed by atoms with Crippen molar-refractivity contribution in [1.29, 1.82) is 0 Å². The molecule has 0 aromatic carbocycles. The van der Waals surface area contributed by atoms with Gasteiger partial charge in [-0.2, -0.15) is 0 Å². The van der Waals surface area contributed by atoms with E-state index < -0.39 is 6.03 Å². The number of amides is 2. The molecule has 1 fully saturated rings. The number of nitrogens with two attached hydrogens (primary N) is 1. The Bertz CT molecular complexity index is 176. The minimum atomic E-state index is -0.418. The Kier molecular flexibility index (Phi) is 3.54. The molecule has 4 heteroatoms. The van der Waals surface area contributed by atoms with Gasteiger partial charge in [0.15, 0.2) is 0 Å². The van der Waals surface area contributed by atoms with E-state index in [9.17, 15) is 4.79 Å². The Morgan fingerprint density at radius 1 is 1.69 bits per heavy atom. The quantitative estimate of drug-likeness (QED) is 0.597. The van der Waals surface area contributed by atoms with Crippen molar-refractivity contribution >= 4 is 6.03 Å². The van der Waals surface area contributed by atoms with Crippen LogP contribution >= 0.6 is 0 Å². The maximum absolute atomic E-state index is 10.6. The van der Waals surface area contributed by atoms with Gasteiger partial charge in [0.2, 0.25) is 0 Å². The third-order valence-electron chi connectivity index (χ3n) is 2.95. The Hall–Kier alpha value is -0.770. The smallest absolute Gasteiger partial charge is 0.312 e. The summed E-state index contributed by atoms with van der Waals surface area (Å²) in [6, 6.07) is -0.418. The number of rotatable bonds is 3. The van der Waals surface area contributed by atoms with Gasteiger partial charge in [-0.15, -0.1) is 0 Å². The first-order valence-corrected chi connectivity index (χ1v) is 4.92. The van der Waals surface area contributed by atoms with Crippen LogP contribution in [0.15, 0.2) is 0 Å². The van der Waals surface area contributed by atoms with Crippen LogP contribution in [-0.4, -0.2) is 25.7 Å². The third-order valence-corrected chi connectivity index (χ3v) is 2.95. The van der Waals surface area contributed by atoms with Crippen LogP contribution in [0.2, 0.25) is 0 Å². The van der Waals surface area contributed by atoms with Crippen molar-refractivity contribution in [3.05, 3.63) is 0 Å². The summed E-state index contributed by atoms with van der Waals surface area (Å²) in [5, 5.41) is 6.06. The maximum atomic E-state index is 10.6. The molecule has 0 aromatic rings. The monoisotopic (exact) mass is 185 g/mol. The second-order valence-electron chi connectivity index (χ2n) is 3.85. The van der Waals surface area contributed by atoms with E-state index in [0.29, 0.717) is 6.54 Å². The molecule has 0 bridgehead atoms. The molecule has 1 rings (SSSR count). The molecule has 2 amide bonds. The van der Waals surface area contributed by atoms with E-state index in [1.54, 1.807) is 0 Å². The average molecular weight is 185 g/mol. The lowest BCUT2D eigenvalue weighted by Crippen LogP contribution is -2.48. The van der Waals surface area contributed by atoms with Crippen LogP contribution < -0.4 is 16.4 Å². The molecule has 1 aliphatic rings. The Labute approximate surface area is 79.3 Å². The molecule has 76 valence electrons. The topological polar surface area (TPSA) is 67.1 Å². The number of hydrogen-bond acceptors (Lipinski definition) is 2. The van der Waals surface area contributed by atoms with Gasteiger partial charge in [-0.25, -0.2) is 4.79 Å². The minimum Gasteiger partial charge on any atom is -0.352 e. The first-order valence-electron chi connectivity index (χ1n) is 4.92. The second-order valence-corrected chi connectivity index (χ2v) is 3.85. The number of urea groups is 1. The van der Waals surface area contributed by atoms with Crippen LogP contribution in [0.25, 0.3) is 0 Å². The summed E-state index contributed by atoms with van der Waals surface area (Å²) >= 11 is 0. The summed E-state index contributed by atoms with van der Waals surface area (Å²) in [6.07, 6.45) is 3.45.